The summed E-state index contributed by atoms with van der Waals surface area (Å²) in [5.41, 5.74) is 0.0496. The van der Waals surface area contributed by atoms with E-state index < -0.39 is 117 Å². The average Bonchev–Trinajstić information content (AvgIpc) is 1.59. The van der Waals surface area contributed by atoms with Crippen molar-refractivity contribution in [2.45, 2.75) is 302 Å². The molecule has 4 saturated carbocycles. The van der Waals surface area contributed by atoms with E-state index in [2.05, 4.69) is 20.8 Å². The maximum absolute atomic E-state index is 14.2. The first-order valence-electron chi connectivity index (χ1n) is 53.5. The monoisotopic (exact) mass is 2030 g/mol. The number of aliphatic hydroxyl groups excluding tert-OH is 9. The van der Waals surface area contributed by atoms with E-state index in [0.29, 0.717) is 232 Å². The Balaban J connectivity index is 0.793. The predicted octanol–water partition coefficient (Wildman–Crippen LogP) is 7.47. The summed E-state index contributed by atoms with van der Waals surface area (Å²) in [7, 11) is 0. The highest BCUT2D eigenvalue weighted by Crippen LogP contribution is 2.68. The van der Waals surface area contributed by atoms with Gasteiger partial charge in [-0.1, -0.05) is 60.8 Å². The highest BCUT2D eigenvalue weighted by atomic mass is 16.7. The number of fused-ring (bicyclic) bond motifs is 5. The molecule has 3 aliphatic heterocycles. The number of ether oxygens (including phenoxy) is 23. The lowest BCUT2D eigenvalue weighted by Gasteiger charge is -2.61. The van der Waals surface area contributed by atoms with Crippen molar-refractivity contribution in [3.63, 3.8) is 0 Å². The summed E-state index contributed by atoms with van der Waals surface area (Å²) in [6, 6.07) is 0. The Morgan fingerprint density at radius 2 is 0.603 bits per heavy atom. The molecule has 37 nitrogen and oxygen atoms in total. The Morgan fingerprint density at radius 1 is 0.305 bits per heavy atom. The standard InChI is InChI=1S/C104H186O37/c1-76(87-26-27-88-86-25-24-80-18-7-8-33-102(80,5)89(86)28-34-103(87,88)6)17-9-19-81(108)20-10-35-122-49-53-126-48-32-85(112)69-104(73-133-42-14-39-119-45-29-82(109)21-11-36-123-50-54-127-57-60-130-63-66-136-99-77(2)93(113)96(116)90(70-105)139-99,74-134-43-15-40-120-46-30-83(110)22-12-37-124-51-55-128-58-61-131-64-67-137-100-78(3)94(114)97(117)91(71-106)140-100)75-135-44-16-41-121-47-31-84(111)23-13-38-125-52-56-129-59-62-132-65-68-138-101-79(4)95(115)98(118)92(72-107)141-101/h76-80,86-101,105-107,113-118H,7-75H2,1-6H3/t76-,77?,78?,79?,80?,86?,87-,88?,89?,90?,91?,92?,93?,94?,95?,96?,97?,98?,99?,100?,101?,102+,103-,104?/m1/s1. The van der Waals surface area contributed by atoms with E-state index in [4.69, 9.17) is 109 Å². The lowest BCUT2D eigenvalue weighted by Crippen LogP contribution is -2.55. The Bertz CT molecular complexity index is 2980. The van der Waals surface area contributed by atoms with Gasteiger partial charge >= 0.3 is 0 Å². The molecule has 0 aromatic rings. The fourth-order valence-corrected chi connectivity index (χ4v) is 21.4. The third-order valence-corrected chi connectivity index (χ3v) is 29.8. The molecule has 0 radical (unpaired) electrons. The van der Waals surface area contributed by atoms with Crippen LogP contribution in [0.3, 0.4) is 0 Å². The van der Waals surface area contributed by atoms with Crippen LogP contribution >= 0.6 is 0 Å². The van der Waals surface area contributed by atoms with Crippen LogP contribution in [-0.2, 0) is 133 Å². The summed E-state index contributed by atoms with van der Waals surface area (Å²) in [5, 5.41) is 89.3. The second kappa shape index (κ2) is 74.1. The smallest absolute Gasteiger partial charge is 0.163 e. The minimum Gasteiger partial charge on any atom is -0.394 e. The van der Waals surface area contributed by atoms with Crippen molar-refractivity contribution >= 4 is 28.9 Å². The Labute approximate surface area is 839 Å². The number of ketones is 5. The summed E-state index contributed by atoms with van der Waals surface area (Å²) in [5.74, 6) is 3.89. The zero-order valence-corrected chi connectivity index (χ0v) is 86.4. The molecule has 23 atom stereocenters. The van der Waals surface area contributed by atoms with Gasteiger partial charge < -0.3 is 155 Å². The van der Waals surface area contributed by atoms with Gasteiger partial charge in [0.15, 0.2) is 18.9 Å². The van der Waals surface area contributed by atoms with Crippen LogP contribution in [0.15, 0.2) is 0 Å². The molecule has 7 aliphatic rings. The second-order valence-corrected chi connectivity index (χ2v) is 40.4. The molecule has 4 aliphatic carbocycles. The first kappa shape index (κ1) is 125. The zero-order chi connectivity index (χ0) is 102. The summed E-state index contributed by atoms with van der Waals surface area (Å²) in [6.07, 6.45) is 11.0. The first-order chi connectivity index (χ1) is 68.4. The molecule has 0 aromatic heterocycles. The van der Waals surface area contributed by atoms with Crippen molar-refractivity contribution < 1.29 is 179 Å². The van der Waals surface area contributed by atoms with Crippen LogP contribution in [-0.4, -0.2) is 413 Å². The maximum atomic E-state index is 14.2. The number of aliphatic hydroxyl groups is 9. The summed E-state index contributed by atoms with van der Waals surface area (Å²) >= 11 is 0. The molecule has 7 rings (SSSR count). The molecule has 0 aromatic carbocycles. The molecular formula is C104H186O37. The Kier molecular flexibility index (Phi) is 65.7. The molecule has 19 unspecified atom stereocenters. The molecule has 0 spiro atoms. The lowest BCUT2D eigenvalue weighted by atomic mass is 9.44. The van der Waals surface area contributed by atoms with Gasteiger partial charge in [0.05, 0.1) is 217 Å². The quantitative estimate of drug-likeness (QED) is 0.0266. The molecule has 9 N–H and O–H groups in total. The number of Topliss-reactive ketones (excluding diaryl/α,β-unsaturated/α-hetero) is 5. The normalized spacial score (nSPS) is 29.1. The van der Waals surface area contributed by atoms with Gasteiger partial charge in [-0.25, -0.2) is 0 Å². The highest BCUT2D eigenvalue weighted by molar-refractivity contribution is 5.80. The van der Waals surface area contributed by atoms with Gasteiger partial charge in [-0.3, -0.25) is 24.0 Å². The van der Waals surface area contributed by atoms with E-state index in [-0.39, 0.29) is 168 Å². The van der Waals surface area contributed by atoms with Crippen molar-refractivity contribution in [3.8, 4) is 0 Å². The van der Waals surface area contributed by atoms with Gasteiger partial charge in [0.2, 0.25) is 0 Å². The Hall–Kier alpha value is -2.93. The lowest BCUT2D eigenvalue weighted by molar-refractivity contribution is -0.284. The molecule has 0 amide bonds. The molecule has 7 fully saturated rings. The van der Waals surface area contributed by atoms with Gasteiger partial charge in [-0.05, 0) is 149 Å². The van der Waals surface area contributed by atoms with Gasteiger partial charge in [0.1, 0.15) is 65.5 Å². The minimum absolute atomic E-state index is 0.0514. The molecule has 0 bridgehead atoms. The number of carbonyl (C=O) groups is 5. The molecule has 3 heterocycles. The van der Waals surface area contributed by atoms with E-state index in [9.17, 15) is 69.9 Å². The SMILES string of the molecule is CC1C(OCCOCCOCCOCCCC(=O)CCOCCCOCC(COCCCOCCC(=O)CCCOCCOCCOCCOC2OC(CO)C(O)C(O)C2C)(COCCCOCCC(=O)CCCOCCOCCOCCOC2OC(CO)C(O)C(O)C2C)CC(=O)CCOCCOCCCC(=O)CCC[C@@H](C)[C@H]2CCC3C4CCC5CCCC[C@]5(C)C4CC[C@@]32C)OC(CO)C(O)C1O. The van der Waals surface area contributed by atoms with Gasteiger partial charge in [0, 0.05) is 153 Å². The highest BCUT2D eigenvalue weighted by Gasteiger charge is 2.60. The Morgan fingerprint density at radius 3 is 0.965 bits per heavy atom. The maximum Gasteiger partial charge on any atom is 0.163 e. The van der Waals surface area contributed by atoms with Crippen molar-refractivity contribution in [1.82, 2.24) is 0 Å². The molecule has 37 heteroatoms. The van der Waals surface area contributed by atoms with Crippen LogP contribution in [0.25, 0.3) is 0 Å². The first-order valence-corrected chi connectivity index (χ1v) is 53.5. The van der Waals surface area contributed by atoms with Crippen molar-refractivity contribution in [1.29, 1.82) is 0 Å². The average molecular weight is 2030 g/mol. The summed E-state index contributed by atoms with van der Waals surface area (Å²) < 4.78 is 133. The zero-order valence-electron chi connectivity index (χ0n) is 86.4. The number of rotatable bonds is 89. The summed E-state index contributed by atoms with van der Waals surface area (Å²) in [6.45, 7) is 22.2. The molecule has 824 valence electrons. The fraction of sp³-hybridized carbons (Fsp3) is 0.952. The summed E-state index contributed by atoms with van der Waals surface area (Å²) in [4.78, 5) is 65.8. The number of carbonyl (C=O) groups excluding carboxylic acids is 5. The van der Waals surface area contributed by atoms with Gasteiger partial charge in [0.25, 0.3) is 0 Å². The van der Waals surface area contributed by atoms with Crippen LogP contribution in [0, 0.1) is 69.5 Å². The molecular weight excluding hydrogens is 1840 g/mol. The number of hydrogen-bond acceptors (Lipinski definition) is 37. The third-order valence-electron chi connectivity index (χ3n) is 29.8. The van der Waals surface area contributed by atoms with E-state index in [1.807, 2.05) is 0 Å². The largest absolute Gasteiger partial charge is 0.394 e. The van der Waals surface area contributed by atoms with Crippen LogP contribution in [0.2, 0.25) is 0 Å². The van der Waals surface area contributed by atoms with E-state index in [1.165, 1.54) is 64.2 Å². The van der Waals surface area contributed by atoms with Crippen LogP contribution in [0.5, 0.6) is 0 Å². The second-order valence-electron chi connectivity index (χ2n) is 40.4. The molecule has 141 heavy (non-hydrogen) atoms. The van der Waals surface area contributed by atoms with Gasteiger partial charge in [-0.2, -0.15) is 0 Å². The van der Waals surface area contributed by atoms with Crippen molar-refractivity contribution in [2.24, 2.45) is 69.5 Å². The van der Waals surface area contributed by atoms with Crippen LogP contribution in [0.1, 0.15) is 228 Å². The predicted molar refractivity (Wildman–Crippen MR) is 517 cm³/mol. The van der Waals surface area contributed by atoms with Crippen LogP contribution < -0.4 is 0 Å². The van der Waals surface area contributed by atoms with E-state index >= 15 is 0 Å². The third kappa shape index (κ3) is 47.2. The van der Waals surface area contributed by atoms with Crippen molar-refractivity contribution in [3.05, 3.63) is 0 Å². The minimum atomic E-state index is -1.20. The number of hydrogen-bond donors (Lipinski definition) is 9. The van der Waals surface area contributed by atoms with E-state index in [1.54, 1.807) is 20.8 Å². The topological polar surface area (TPSA) is 480 Å². The van der Waals surface area contributed by atoms with E-state index in [0.717, 1.165) is 42.4 Å². The fourth-order valence-electron chi connectivity index (χ4n) is 21.4. The van der Waals surface area contributed by atoms with Gasteiger partial charge in [-0.15, -0.1) is 0 Å². The molecule has 3 saturated heterocycles. The van der Waals surface area contributed by atoms with Crippen LogP contribution in [0.4, 0.5) is 0 Å². The van der Waals surface area contributed by atoms with Crippen molar-refractivity contribution in [2.75, 3.05) is 264 Å².